The molecule has 0 saturated carbocycles. The zero-order valence-corrected chi connectivity index (χ0v) is 7.53. The summed E-state index contributed by atoms with van der Waals surface area (Å²) in [5.74, 6) is -0.483. The second-order valence-corrected chi connectivity index (χ2v) is 2.25. The second-order valence-electron chi connectivity index (χ2n) is 2.25. The van der Waals surface area contributed by atoms with Crippen molar-refractivity contribution in [3.63, 3.8) is 0 Å². The van der Waals surface area contributed by atoms with Gasteiger partial charge in [0.05, 0.1) is 32.8 Å². The first-order valence-corrected chi connectivity index (χ1v) is 4.06. The Morgan fingerprint density at radius 3 is 2.31 bits per heavy atom. The Labute approximate surface area is 78.1 Å². The first-order chi connectivity index (χ1) is 6.31. The van der Waals surface area contributed by atoms with Crippen molar-refractivity contribution in [2.75, 3.05) is 33.0 Å². The topological polar surface area (TPSA) is 70.8 Å². The summed E-state index contributed by atoms with van der Waals surface area (Å²) in [4.78, 5) is 10.5. The zero-order chi connectivity index (χ0) is 9.94. The van der Waals surface area contributed by atoms with Crippen LogP contribution in [-0.2, 0) is 19.0 Å². The van der Waals surface area contributed by atoms with Crippen molar-refractivity contribution in [1.29, 1.82) is 0 Å². The standard InChI is InChI=1S/C8H15NO4/c1-11-8(10)2-4-12-6-7-13-5-3-9/h1H,2-7,9H2. The Morgan fingerprint density at radius 1 is 1.15 bits per heavy atom. The summed E-state index contributed by atoms with van der Waals surface area (Å²) in [5.41, 5.74) is 5.19. The largest absolute Gasteiger partial charge is 0.454 e. The van der Waals surface area contributed by atoms with Crippen LogP contribution >= 0.6 is 0 Å². The van der Waals surface area contributed by atoms with Crippen molar-refractivity contribution in [2.24, 2.45) is 5.73 Å². The minimum absolute atomic E-state index is 0.160. The van der Waals surface area contributed by atoms with Crippen LogP contribution in [0.15, 0.2) is 0 Å². The van der Waals surface area contributed by atoms with Gasteiger partial charge in [-0.1, -0.05) is 0 Å². The number of ether oxygens (including phenoxy) is 3. The van der Waals surface area contributed by atoms with E-state index < -0.39 is 5.97 Å². The molecule has 2 radical (unpaired) electrons. The molecule has 0 aliphatic heterocycles. The van der Waals surface area contributed by atoms with E-state index in [1.807, 2.05) is 0 Å². The van der Waals surface area contributed by atoms with Crippen LogP contribution in [0.25, 0.3) is 0 Å². The Morgan fingerprint density at radius 2 is 1.77 bits per heavy atom. The lowest BCUT2D eigenvalue weighted by Gasteiger charge is -2.03. The number of hydrogen-bond acceptors (Lipinski definition) is 5. The minimum Gasteiger partial charge on any atom is -0.454 e. The lowest BCUT2D eigenvalue weighted by molar-refractivity contribution is -0.139. The van der Waals surface area contributed by atoms with Gasteiger partial charge in [-0.05, 0) is 0 Å². The van der Waals surface area contributed by atoms with Gasteiger partial charge in [-0.15, -0.1) is 0 Å². The van der Waals surface area contributed by atoms with Gasteiger partial charge in [0.2, 0.25) is 0 Å². The summed E-state index contributed by atoms with van der Waals surface area (Å²) >= 11 is 0. The third kappa shape index (κ3) is 9.26. The van der Waals surface area contributed by atoms with E-state index >= 15 is 0 Å². The molecule has 5 nitrogen and oxygen atoms in total. The highest BCUT2D eigenvalue weighted by atomic mass is 16.5. The normalized spacial score (nSPS) is 10.0. The molecule has 0 aliphatic rings. The van der Waals surface area contributed by atoms with E-state index in [4.69, 9.17) is 15.2 Å². The summed E-state index contributed by atoms with van der Waals surface area (Å²) in [6.45, 7) is 2.24. The Hall–Kier alpha value is -0.650. The van der Waals surface area contributed by atoms with Crippen LogP contribution in [0.3, 0.4) is 0 Å². The van der Waals surface area contributed by atoms with Crippen molar-refractivity contribution >= 4 is 5.97 Å². The van der Waals surface area contributed by atoms with Crippen LogP contribution < -0.4 is 5.73 Å². The van der Waals surface area contributed by atoms with Gasteiger partial charge in [-0.25, -0.2) is 0 Å². The van der Waals surface area contributed by atoms with E-state index in [-0.39, 0.29) is 6.42 Å². The highest BCUT2D eigenvalue weighted by Gasteiger charge is 1.98. The summed E-state index contributed by atoms with van der Waals surface area (Å²) < 4.78 is 14.0. The van der Waals surface area contributed by atoms with Crippen molar-refractivity contribution in [3.05, 3.63) is 7.11 Å². The number of rotatable bonds is 8. The number of nitrogens with two attached hydrogens (primary N) is 1. The number of esters is 1. The lowest BCUT2D eigenvalue weighted by Crippen LogP contribution is -2.13. The highest BCUT2D eigenvalue weighted by molar-refractivity contribution is 5.69. The maximum atomic E-state index is 10.5. The summed E-state index contributed by atoms with van der Waals surface area (Å²) in [7, 11) is 4.61. The van der Waals surface area contributed by atoms with Gasteiger partial charge in [0.15, 0.2) is 7.11 Å². The van der Waals surface area contributed by atoms with Crippen LogP contribution in [-0.4, -0.2) is 38.9 Å². The maximum Gasteiger partial charge on any atom is 0.308 e. The van der Waals surface area contributed by atoms with Crippen molar-refractivity contribution in [1.82, 2.24) is 0 Å². The predicted octanol–water partition coefficient (Wildman–Crippen LogP) is -0.420. The summed E-state index contributed by atoms with van der Waals surface area (Å²) in [5, 5.41) is 0. The minimum atomic E-state index is -0.483. The third-order valence-corrected chi connectivity index (χ3v) is 1.22. The molecule has 0 aromatic carbocycles. The third-order valence-electron chi connectivity index (χ3n) is 1.22. The van der Waals surface area contributed by atoms with Gasteiger partial charge < -0.3 is 19.9 Å². The monoisotopic (exact) mass is 189 g/mol. The predicted molar refractivity (Wildman–Crippen MR) is 45.7 cm³/mol. The van der Waals surface area contributed by atoms with Gasteiger partial charge in [0.1, 0.15) is 0 Å². The van der Waals surface area contributed by atoms with Crippen LogP contribution in [0.5, 0.6) is 0 Å². The van der Waals surface area contributed by atoms with Crippen LogP contribution in [0.4, 0.5) is 0 Å². The average molecular weight is 189 g/mol. The average Bonchev–Trinajstić information content (AvgIpc) is 2.16. The molecular formula is C8H15NO4. The molecule has 13 heavy (non-hydrogen) atoms. The van der Waals surface area contributed by atoms with E-state index in [0.717, 1.165) is 0 Å². The van der Waals surface area contributed by atoms with Crippen molar-refractivity contribution in [2.45, 2.75) is 6.42 Å². The van der Waals surface area contributed by atoms with E-state index in [1.165, 1.54) is 0 Å². The zero-order valence-electron chi connectivity index (χ0n) is 7.53. The molecule has 0 aromatic rings. The molecule has 0 amide bonds. The van der Waals surface area contributed by atoms with Crippen LogP contribution in [0.2, 0.25) is 0 Å². The van der Waals surface area contributed by atoms with E-state index in [9.17, 15) is 4.79 Å². The molecule has 0 aromatic heterocycles. The summed E-state index contributed by atoms with van der Waals surface area (Å²) in [6.07, 6.45) is 0.160. The molecule has 0 saturated heterocycles. The fraction of sp³-hybridized carbons (Fsp3) is 0.750. The maximum absolute atomic E-state index is 10.5. The lowest BCUT2D eigenvalue weighted by atomic mass is 10.5. The quantitative estimate of drug-likeness (QED) is 0.415. The number of carbonyl (C=O) groups is 1. The molecular weight excluding hydrogens is 174 g/mol. The number of hydrogen-bond donors (Lipinski definition) is 1. The van der Waals surface area contributed by atoms with E-state index in [2.05, 4.69) is 11.8 Å². The molecule has 0 bridgehead atoms. The van der Waals surface area contributed by atoms with Gasteiger partial charge in [0.25, 0.3) is 0 Å². The molecule has 2 N–H and O–H groups in total. The molecule has 0 fully saturated rings. The molecule has 0 unspecified atom stereocenters. The second kappa shape index (κ2) is 9.44. The molecule has 0 rings (SSSR count). The van der Waals surface area contributed by atoms with Gasteiger partial charge in [0, 0.05) is 6.54 Å². The Bertz CT molecular complexity index is 129. The van der Waals surface area contributed by atoms with Crippen LogP contribution in [0, 0.1) is 7.11 Å². The number of carbonyl (C=O) groups excluding carboxylic acids is 1. The van der Waals surface area contributed by atoms with Crippen molar-refractivity contribution in [3.8, 4) is 0 Å². The Balaban J connectivity index is 2.95. The molecule has 5 heteroatoms. The fourth-order valence-corrected chi connectivity index (χ4v) is 0.620. The first-order valence-electron chi connectivity index (χ1n) is 4.06. The first kappa shape index (κ1) is 12.3. The highest BCUT2D eigenvalue weighted by Crippen LogP contribution is 1.86. The molecule has 0 atom stereocenters. The van der Waals surface area contributed by atoms with Gasteiger partial charge >= 0.3 is 5.97 Å². The van der Waals surface area contributed by atoms with Gasteiger partial charge in [-0.3, -0.25) is 4.79 Å². The summed E-state index contributed by atoms with van der Waals surface area (Å²) in [6, 6.07) is 0. The van der Waals surface area contributed by atoms with Gasteiger partial charge in [-0.2, -0.15) is 0 Å². The smallest absolute Gasteiger partial charge is 0.308 e. The molecule has 0 spiro atoms. The molecule has 0 aliphatic carbocycles. The van der Waals surface area contributed by atoms with E-state index in [1.54, 1.807) is 0 Å². The van der Waals surface area contributed by atoms with E-state index in [0.29, 0.717) is 33.0 Å². The molecule has 76 valence electrons. The Kier molecular flexibility index (Phi) is 8.97. The van der Waals surface area contributed by atoms with Crippen LogP contribution in [0.1, 0.15) is 6.42 Å². The fourth-order valence-electron chi connectivity index (χ4n) is 0.620. The SMILES string of the molecule is [CH]OC(=O)CCOCCOCCN. The van der Waals surface area contributed by atoms with Crippen molar-refractivity contribution < 1.29 is 19.0 Å². The molecule has 0 heterocycles.